The Labute approximate surface area is 81.1 Å². The van der Waals surface area contributed by atoms with Crippen LogP contribution in [0.4, 0.5) is 0 Å². The van der Waals surface area contributed by atoms with E-state index >= 15 is 0 Å². The van der Waals surface area contributed by atoms with Crippen LogP contribution < -0.4 is 11.3 Å². The molecule has 0 radical (unpaired) electrons. The highest BCUT2D eigenvalue weighted by Gasteiger charge is 1.85. The van der Waals surface area contributed by atoms with Crippen molar-refractivity contribution in [3.05, 3.63) is 41.8 Å². The first-order valence-electron chi connectivity index (χ1n) is 3.38. The first-order chi connectivity index (χ1) is 5.79. The fourth-order valence-electron chi connectivity index (χ4n) is 0.667. The smallest absolute Gasteiger partial charge is 0.0648 e. The van der Waals surface area contributed by atoms with E-state index in [2.05, 4.69) is 0 Å². The van der Waals surface area contributed by atoms with E-state index in [1.165, 1.54) is 17.2 Å². The third-order valence-electron chi connectivity index (χ3n) is 1.15. The number of carboxylic acid groups (broad SMARTS) is 1. The van der Waals surface area contributed by atoms with Gasteiger partial charge in [0.25, 0.3) is 0 Å². The van der Waals surface area contributed by atoms with Gasteiger partial charge < -0.3 is 16.1 Å². The van der Waals surface area contributed by atoms with Crippen LogP contribution in [0.15, 0.2) is 46.7 Å². The van der Waals surface area contributed by atoms with Gasteiger partial charge in [0.15, 0.2) is 0 Å². The van der Waals surface area contributed by atoms with Crippen molar-refractivity contribution in [2.45, 2.75) is 4.90 Å². The van der Waals surface area contributed by atoms with Crippen LogP contribution in [0.5, 0.6) is 0 Å². The zero-order valence-corrected chi connectivity index (χ0v) is 8.08. The lowest BCUT2D eigenvalue weighted by molar-refractivity contribution is -0.297. The Morgan fingerprint density at radius 1 is 1.31 bits per heavy atom. The second-order valence-corrected chi connectivity index (χ2v) is 3.03. The van der Waals surface area contributed by atoms with E-state index in [9.17, 15) is 9.90 Å². The molecule has 0 aromatic heterocycles. The first kappa shape index (κ1) is 11.7. The molecule has 0 aliphatic heterocycles. The Bertz CT molecular complexity index is 285. The summed E-state index contributed by atoms with van der Waals surface area (Å²) in [5, 5.41) is 11.5. The highest BCUT2D eigenvalue weighted by atomic mass is 32.2. The topological polar surface area (TPSA) is 76.6 Å². The lowest BCUT2D eigenvalue weighted by Crippen LogP contribution is -2.18. The molecule has 1 aromatic carbocycles. The summed E-state index contributed by atoms with van der Waals surface area (Å²) in [4.78, 5) is 11.0. The Morgan fingerprint density at radius 3 is 2.46 bits per heavy atom. The van der Waals surface area contributed by atoms with E-state index in [1.54, 1.807) is 0 Å². The van der Waals surface area contributed by atoms with E-state index in [-0.39, 0.29) is 6.15 Å². The first-order valence-corrected chi connectivity index (χ1v) is 4.26. The lowest BCUT2D eigenvalue weighted by Gasteiger charge is -1.93. The van der Waals surface area contributed by atoms with E-state index in [0.29, 0.717) is 0 Å². The molecule has 70 valence electrons. The largest absolute Gasteiger partial charge is 0.545 e. The molecule has 0 atom stereocenters. The molecule has 3 nitrogen and oxygen atoms in total. The molecule has 13 heavy (non-hydrogen) atoms. The molecule has 0 aliphatic carbocycles. The maximum Gasteiger partial charge on any atom is 0.0648 e. The SMILES string of the molecule is O=C([O-])C=CSc1ccccc1.[NH4+]. The number of hydrogen-bond donors (Lipinski definition) is 1. The highest BCUT2D eigenvalue weighted by Crippen LogP contribution is 2.17. The number of carboxylic acids is 1. The zero-order valence-electron chi connectivity index (χ0n) is 7.27. The number of benzene rings is 1. The molecule has 0 bridgehead atoms. The summed E-state index contributed by atoms with van der Waals surface area (Å²) >= 11 is 1.35. The maximum atomic E-state index is 9.98. The van der Waals surface area contributed by atoms with Crippen LogP contribution in [0, 0.1) is 0 Å². The maximum absolute atomic E-state index is 9.98. The molecule has 0 saturated carbocycles. The summed E-state index contributed by atoms with van der Waals surface area (Å²) < 4.78 is 0. The normalized spacial score (nSPS) is 9.54. The van der Waals surface area contributed by atoms with E-state index in [1.807, 2.05) is 30.3 Å². The van der Waals surface area contributed by atoms with Gasteiger partial charge >= 0.3 is 0 Å². The summed E-state index contributed by atoms with van der Waals surface area (Å²) in [6.07, 6.45) is 1.01. The highest BCUT2D eigenvalue weighted by molar-refractivity contribution is 8.02. The van der Waals surface area contributed by atoms with Crippen molar-refractivity contribution in [1.82, 2.24) is 6.15 Å². The van der Waals surface area contributed by atoms with Crippen molar-refractivity contribution in [2.75, 3.05) is 0 Å². The van der Waals surface area contributed by atoms with Crippen LogP contribution in [0.1, 0.15) is 0 Å². The summed E-state index contributed by atoms with van der Waals surface area (Å²) in [5.74, 6) is -1.17. The molecule has 1 aromatic rings. The van der Waals surface area contributed by atoms with Gasteiger partial charge in [0, 0.05) is 4.90 Å². The number of aliphatic carboxylic acids is 1. The minimum atomic E-state index is -1.17. The molecule has 0 spiro atoms. The minimum Gasteiger partial charge on any atom is -0.545 e. The zero-order chi connectivity index (χ0) is 8.81. The molecular weight excluding hydrogens is 186 g/mol. The standard InChI is InChI=1S/C9H8O2S.H3N/c10-9(11)6-7-12-8-4-2-1-3-5-8;/h1-7H,(H,10,11);1H3. The molecule has 4 heteroatoms. The van der Waals surface area contributed by atoms with Crippen LogP contribution in [0.2, 0.25) is 0 Å². The minimum absolute atomic E-state index is 0. The number of thioether (sulfide) groups is 1. The summed E-state index contributed by atoms with van der Waals surface area (Å²) in [6, 6.07) is 9.52. The van der Waals surface area contributed by atoms with E-state index < -0.39 is 5.97 Å². The van der Waals surface area contributed by atoms with Gasteiger partial charge in [-0.2, -0.15) is 0 Å². The van der Waals surface area contributed by atoms with Crippen LogP contribution in [-0.2, 0) is 4.79 Å². The quantitative estimate of drug-likeness (QED) is 0.588. The summed E-state index contributed by atoms with van der Waals surface area (Å²) in [7, 11) is 0. The van der Waals surface area contributed by atoms with Crippen molar-refractivity contribution in [2.24, 2.45) is 0 Å². The molecule has 0 aliphatic rings. The molecule has 0 heterocycles. The van der Waals surface area contributed by atoms with Gasteiger partial charge in [-0.15, -0.1) is 0 Å². The number of quaternary nitrogens is 1. The molecule has 0 saturated heterocycles. The monoisotopic (exact) mass is 197 g/mol. The lowest BCUT2D eigenvalue weighted by atomic mass is 10.4. The van der Waals surface area contributed by atoms with Crippen LogP contribution in [0.3, 0.4) is 0 Å². The predicted molar refractivity (Wildman–Crippen MR) is 52.4 cm³/mol. The Hall–Kier alpha value is -1.26. The summed E-state index contributed by atoms with van der Waals surface area (Å²) in [6.45, 7) is 0. The van der Waals surface area contributed by atoms with Gasteiger partial charge in [-0.05, 0) is 23.6 Å². The molecule has 4 N–H and O–H groups in total. The number of rotatable bonds is 3. The second kappa shape index (κ2) is 6.28. The van der Waals surface area contributed by atoms with E-state index in [0.717, 1.165) is 11.0 Å². The molecule has 0 fully saturated rings. The van der Waals surface area contributed by atoms with Gasteiger partial charge in [-0.3, -0.25) is 0 Å². The van der Waals surface area contributed by atoms with Crippen molar-refractivity contribution < 1.29 is 9.90 Å². The van der Waals surface area contributed by atoms with Gasteiger partial charge in [-0.1, -0.05) is 30.0 Å². The number of hydrogen-bond acceptors (Lipinski definition) is 3. The number of carbonyl (C=O) groups excluding carboxylic acids is 1. The Morgan fingerprint density at radius 2 is 1.92 bits per heavy atom. The molecule has 0 unspecified atom stereocenters. The average Bonchev–Trinajstić information content (AvgIpc) is 2.05. The number of carbonyl (C=O) groups is 1. The fourth-order valence-corrected chi connectivity index (χ4v) is 1.32. The fraction of sp³-hybridized carbons (Fsp3) is 0. The van der Waals surface area contributed by atoms with Crippen LogP contribution in [0.25, 0.3) is 0 Å². The van der Waals surface area contributed by atoms with Gasteiger partial charge in [-0.25, -0.2) is 0 Å². The van der Waals surface area contributed by atoms with Crippen molar-refractivity contribution in [3.8, 4) is 0 Å². The third kappa shape index (κ3) is 5.05. The molecule has 1 rings (SSSR count). The van der Waals surface area contributed by atoms with Crippen molar-refractivity contribution in [1.29, 1.82) is 0 Å². The predicted octanol–water partition coefficient (Wildman–Crippen LogP) is 1.42. The molecule has 0 amide bonds. The average molecular weight is 197 g/mol. The van der Waals surface area contributed by atoms with Gasteiger partial charge in [0.2, 0.25) is 0 Å². The Kier molecular flexibility index (Phi) is 5.67. The third-order valence-corrected chi connectivity index (χ3v) is 1.97. The van der Waals surface area contributed by atoms with Crippen LogP contribution in [-0.4, -0.2) is 5.97 Å². The second-order valence-electron chi connectivity index (χ2n) is 2.05. The van der Waals surface area contributed by atoms with E-state index in [4.69, 9.17) is 0 Å². The Balaban J connectivity index is 0.00000144. The van der Waals surface area contributed by atoms with Crippen molar-refractivity contribution in [3.63, 3.8) is 0 Å². The van der Waals surface area contributed by atoms with Gasteiger partial charge in [0.1, 0.15) is 0 Å². The van der Waals surface area contributed by atoms with Crippen LogP contribution >= 0.6 is 11.8 Å². The van der Waals surface area contributed by atoms with Crippen molar-refractivity contribution >= 4 is 17.7 Å². The summed E-state index contributed by atoms with van der Waals surface area (Å²) in [5.41, 5.74) is 0. The van der Waals surface area contributed by atoms with Gasteiger partial charge in [0.05, 0.1) is 5.97 Å². The molecular formula is C9H11NO2S.